The maximum absolute atomic E-state index is 15.1. The van der Waals surface area contributed by atoms with E-state index in [1.807, 2.05) is 0 Å². The topological polar surface area (TPSA) is 87.7 Å². The van der Waals surface area contributed by atoms with Crippen molar-refractivity contribution in [2.45, 2.75) is 30.6 Å². The Morgan fingerprint density at radius 1 is 0.970 bits per heavy atom. The van der Waals surface area contributed by atoms with Crippen molar-refractivity contribution in [3.63, 3.8) is 0 Å². The number of rotatable bonds is 3. The minimum Gasteiger partial charge on any atom is -0.277 e. The van der Waals surface area contributed by atoms with E-state index in [-0.39, 0.29) is 10.6 Å². The molecule has 2 aromatic heterocycles. The molecule has 0 saturated carbocycles. The normalized spacial score (nSPS) is 13.3. The average molecular weight is 464 g/mol. The van der Waals surface area contributed by atoms with Gasteiger partial charge in [0.15, 0.2) is 11.5 Å². The fourth-order valence-electron chi connectivity index (χ4n) is 3.87. The van der Waals surface area contributed by atoms with Gasteiger partial charge in [0.1, 0.15) is 5.82 Å². The second-order valence-corrected chi connectivity index (χ2v) is 9.49. The fraction of sp³-hybridized carbons (Fsp3) is 0.167. The van der Waals surface area contributed by atoms with Crippen molar-refractivity contribution in [1.82, 2.24) is 15.2 Å². The Kier molecular flexibility index (Phi) is 5.30. The first-order valence-corrected chi connectivity index (χ1v) is 11.8. The molecule has 2 heterocycles. The van der Waals surface area contributed by atoms with E-state index in [1.54, 1.807) is 24.4 Å². The number of hydrogen-bond acceptors (Lipinski definition) is 4. The third kappa shape index (κ3) is 4.17. The van der Waals surface area contributed by atoms with Crippen LogP contribution >= 0.6 is 0 Å². The average Bonchev–Trinajstić information content (AvgIpc) is 3.28. The van der Waals surface area contributed by atoms with Crippen LogP contribution in [0.5, 0.6) is 0 Å². The van der Waals surface area contributed by atoms with E-state index in [0.717, 1.165) is 48.9 Å². The van der Waals surface area contributed by atoms with Crippen LogP contribution in [-0.4, -0.2) is 23.6 Å². The number of aryl methyl sites for hydroxylation is 2. The Bertz CT molecular complexity index is 1550. The third-order valence-electron chi connectivity index (χ3n) is 5.59. The zero-order valence-corrected chi connectivity index (χ0v) is 18.1. The van der Waals surface area contributed by atoms with Crippen LogP contribution in [0.3, 0.4) is 0 Å². The van der Waals surface area contributed by atoms with Gasteiger partial charge in [0, 0.05) is 17.1 Å². The highest BCUT2D eigenvalue weighted by atomic mass is 32.2. The molecule has 0 atom stereocenters. The summed E-state index contributed by atoms with van der Waals surface area (Å²) in [6.45, 7) is 0. The molecule has 0 radical (unpaired) electrons. The van der Waals surface area contributed by atoms with Crippen molar-refractivity contribution in [2.24, 2.45) is 0 Å². The monoisotopic (exact) mass is 464 g/mol. The van der Waals surface area contributed by atoms with Crippen LogP contribution < -0.4 is 4.72 Å². The predicted molar refractivity (Wildman–Crippen MR) is 120 cm³/mol. The molecule has 0 bridgehead atoms. The Morgan fingerprint density at radius 3 is 2.64 bits per heavy atom. The van der Waals surface area contributed by atoms with Gasteiger partial charge in [-0.05, 0) is 67.1 Å². The van der Waals surface area contributed by atoms with Crippen molar-refractivity contribution in [3.8, 4) is 11.8 Å². The number of aromatic amines is 1. The highest BCUT2D eigenvalue weighted by Crippen LogP contribution is 2.27. The Morgan fingerprint density at radius 2 is 1.79 bits per heavy atom. The lowest BCUT2D eigenvalue weighted by Crippen LogP contribution is -2.16. The quantitative estimate of drug-likeness (QED) is 0.442. The van der Waals surface area contributed by atoms with Gasteiger partial charge in [0.2, 0.25) is 0 Å². The van der Waals surface area contributed by atoms with Gasteiger partial charge in [-0.1, -0.05) is 17.9 Å². The van der Waals surface area contributed by atoms with Gasteiger partial charge in [-0.2, -0.15) is 5.10 Å². The summed E-state index contributed by atoms with van der Waals surface area (Å²) in [5.74, 6) is 3.15. The molecular weight excluding hydrogens is 446 g/mol. The van der Waals surface area contributed by atoms with Gasteiger partial charge in [0.05, 0.1) is 22.3 Å². The number of H-pyrrole nitrogens is 1. The number of aromatic nitrogens is 3. The maximum atomic E-state index is 15.1. The van der Waals surface area contributed by atoms with Gasteiger partial charge < -0.3 is 0 Å². The molecule has 1 aliphatic rings. The Labute approximate surface area is 189 Å². The first-order chi connectivity index (χ1) is 15.9. The largest absolute Gasteiger partial charge is 0.277 e. The van der Waals surface area contributed by atoms with Crippen LogP contribution in [0.1, 0.15) is 35.1 Å². The van der Waals surface area contributed by atoms with Crippen LogP contribution in [0.4, 0.5) is 14.5 Å². The molecule has 1 aliphatic carbocycles. The van der Waals surface area contributed by atoms with Crippen LogP contribution in [0, 0.1) is 23.5 Å². The number of hydrogen-bond donors (Lipinski definition) is 2. The molecule has 0 amide bonds. The molecule has 2 N–H and O–H groups in total. The molecule has 0 unspecified atom stereocenters. The van der Waals surface area contributed by atoms with Gasteiger partial charge in [-0.3, -0.25) is 9.82 Å². The lowest BCUT2D eigenvalue weighted by molar-refractivity contribution is 0.577. The molecular formula is C24H18F2N4O2S. The number of anilines is 1. The predicted octanol–water partition coefficient (Wildman–Crippen LogP) is 4.32. The number of pyridine rings is 1. The van der Waals surface area contributed by atoms with Crippen molar-refractivity contribution in [3.05, 3.63) is 82.7 Å². The van der Waals surface area contributed by atoms with E-state index in [0.29, 0.717) is 16.6 Å². The smallest absolute Gasteiger partial charge is 0.261 e. The number of sulfonamides is 1. The Hall–Kier alpha value is -3.77. The molecule has 0 spiro atoms. The molecule has 4 aromatic rings. The van der Waals surface area contributed by atoms with Crippen LogP contribution in [0.15, 0.2) is 53.7 Å². The van der Waals surface area contributed by atoms with Crippen LogP contribution in [0.25, 0.3) is 11.0 Å². The molecule has 33 heavy (non-hydrogen) atoms. The van der Waals surface area contributed by atoms with Crippen molar-refractivity contribution >= 4 is 26.7 Å². The Balaban J connectivity index is 1.46. The van der Waals surface area contributed by atoms with E-state index in [2.05, 4.69) is 31.7 Å². The van der Waals surface area contributed by atoms with Crippen molar-refractivity contribution in [2.75, 3.05) is 4.72 Å². The second kappa shape index (κ2) is 8.30. The third-order valence-corrected chi connectivity index (χ3v) is 6.95. The number of halogens is 2. The lowest BCUT2D eigenvalue weighted by Gasteiger charge is -2.17. The molecule has 0 saturated heterocycles. The van der Waals surface area contributed by atoms with E-state index in [1.165, 1.54) is 12.3 Å². The van der Waals surface area contributed by atoms with Crippen LogP contribution in [-0.2, 0) is 22.9 Å². The molecule has 0 fully saturated rings. The van der Waals surface area contributed by atoms with E-state index in [9.17, 15) is 12.8 Å². The molecule has 0 aliphatic heterocycles. The maximum Gasteiger partial charge on any atom is 0.261 e. The summed E-state index contributed by atoms with van der Waals surface area (Å²) in [7, 11) is -4.06. The lowest BCUT2D eigenvalue weighted by atomic mass is 9.92. The standard InChI is InChI=1S/C24H18F2N4O2S/c25-21-9-10-22(30-33(31,32)19-7-6-16-3-1-2-4-17(16)12-19)23(26)20(21)8-5-15-11-18-14-28-29-24(18)27-13-15/h6-7,9-14,30H,1-4H2,(H,27,28,29). The summed E-state index contributed by atoms with van der Waals surface area (Å²) in [5.41, 5.74) is 2.21. The van der Waals surface area contributed by atoms with Crippen molar-refractivity contribution < 1.29 is 17.2 Å². The van der Waals surface area contributed by atoms with E-state index in [4.69, 9.17) is 0 Å². The number of nitrogens with one attached hydrogen (secondary N) is 2. The van der Waals surface area contributed by atoms with E-state index >= 15 is 4.39 Å². The minimum atomic E-state index is -4.06. The molecule has 166 valence electrons. The summed E-state index contributed by atoms with van der Waals surface area (Å²) in [4.78, 5) is 4.17. The zero-order chi connectivity index (χ0) is 23.0. The minimum absolute atomic E-state index is 0.0407. The molecule has 9 heteroatoms. The van der Waals surface area contributed by atoms with Gasteiger partial charge >= 0.3 is 0 Å². The first-order valence-electron chi connectivity index (χ1n) is 10.3. The summed E-state index contributed by atoms with van der Waals surface area (Å²) >= 11 is 0. The summed E-state index contributed by atoms with van der Waals surface area (Å²) in [6.07, 6.45) is 6.82. The van der Waals surface area contributed by atoms with E-state index < -0.39 is 27.2 Å². The van der Waals surface area contributed by atoms with Gasteiger partial charge in [0.25, 0.3) is 10.0 Å². The van der Waals surface area contributed by atoms with Gasteiger partial charge in [-0.25, -0.2) is 22.2 Å². The first kappa shape index (κ1) is 21.1. The fourth-order valence-corrected chi connectivity index (χ4v) is 4.98. The second-order valence-electron chi connectivity index (χ2n) is 7.81. The zero-order valence-electron chi connectivity index (χ0n) is 17.3. The van der Waals surface area contributed by atoms with Gasteiger partial charge in [-0.15, -0.1) is 0 Å². The highest BCUT2D eigenvalue weighted by molar-refractivity contribution is 7.92. The van der Waals surface area contributed by atoms with Crippen LogP contribution in [0.2, 0.25) is 0 Å². The SMILES string of the molecule is O=S(=O)(Nc1ccc(F)c(C#Cc2cnc3[nH]ncc3c2)c1F)c1ccc2c(c1)CCCC2. The molecule has 2 aromatic carbocycles. The van der Waals surface area contributed by atoms with Crippen molar-refractivity contribution in [1.29, 1.82) is 0 Å². The summed E-state index contributed by atoms with van der Waals surface area (Å²) in [6, 6.07) is 8.63. The molecule has 5 rings (SSSR count). The highest BCUT2D eigenvalue weighted by Gasteiger charge is 2.21. The molecule has 6 nitrogen and oxygen atoms in total. The summed E-state index contributed by atoms with van der Waals surface area (Å²) in [5, 5.41) is 7.27. The number of fused-ring (bicyclic) bond motifs is 2. The number of benzene rings is 2. The summed E-state index contributed by atoms with van der Waals surface area (Å²) < 4.78 is 57.4. The number of nitrogens with zero attached hydrogens (tertiary/aromatic N) is 2.